The van der Waals surface area contributed by atoms with Gasteiger partial charge in [-0.15, -0.1) is 0 Å². The number of ether oxygens (including phenoxy) is 1. The second kappa shape index (κ2) is 6.06. The Morgan fingerprint density at radius 3 is 2.82 bits per heavy atom. The Bertz CT molecular complexity index is 345. The van der Waals surface area contributed by atoms with Gasteiger partial charge in [0.15, 0.2) is 0 Å². The highest BCUT2D eigenvalue weighted by molar-refractivity contribution is 5.30. The summed E-state index contributed by atoms with van der Waals surface area (Å²) < 4.78 is 5.54. The normalized spacial score (nSPS) is 18.2. The Balaban J connectivity index is 1.97. The second-order valence-electron chi connectivity index (χ2n) is 4.88. The minimum atomic E-state index is 0.415. The van der Waals surface area contributed by atoms with E-state index in [9.17, 15) is 0 Å². The third kappa shape index (κ3) is 3.47. The molecule has 0 bridgehead atoms. The lowest BCUT2D eigenvalue weighted by molar-refractivity contribution is 0.339. The highest BCUT2D eigenvalue weighted by atomic mass is 16.5. The lowest BCUT2D eigenvalue weighted by Gasteiger charge is -2.20. The first-order valence-corrected chi connectivity index (χ1v) is 6.78. The van der Waals surface area contributed by atoms with Crippen LogP contribution in [0.15, 0.2) is 24.3 Å². The van der Waals surface area contributed by atoms with Crippen molar-refractivity contribution >= 4 is 0 Å². The average molecular weight is 233 g/mol. The summed E-state index contributed by atoms with van der Waals surface area (Å²) in [5.74, 6) is 0.977. The van der Waals surface area contributed by atoms with Crippen molar-refractivity contribution in [2.75, 3.05) is 6.61 Å². The van der Waals surface area contributed by atoms with E-state index in [0.29, 0.717) is 12.1 Å². The molecule has 1 fully saturated rings. The molecule has 94 valence electrons. The van der Waals surface area contributed by atoms with E-state index in [2.05, 4.69) is 30.4 Å². The van der Waals surface area contributed by atoms with Crippen molar-refractivity contribution in [1.82, 2.24) is 5.32 Å². The summed E-state index contributed by atoms with van der Waals surface area (Å²) in [6, 6.07) is 9.55. The zero-order chi connectivity index (χ0) is 12.1. The quantitative estimate of drug-likeness (QED) is 0.837. The van der Waals surface area contributed by atoms with E-state index in [1.54, 1.807) is 0 Å². The highest BCUT2D eigenvalue weighted by Crippen LogP contribution is 2.23. The maximum Gasteiger partial charge on any atom is 0.119 e. The fourth-order valence-corrected chi connectivity index (χ4v) is 2.58. The lowest BCUT2D eigenvalue weighted by atomic mass is 10.1. The van der Waals surface area contributed by atoms with Crippen LogP contribution in [0, 0.1) is 0 Å². The molecule has 1 unspecified atom stereocenters. The molecule has 0 spiro atoms. The van der Waals surface area contributed by atoms with E-state index in [0.717, 1.165) is 12.4 Å². The number of rotatable bonds is 5. The minimum Gasteiger partial charge on any atom is -0.494 e. The van der Waals surface area contributed by atoms with Crippen molar-refractivity contribution in [1.29, 1.82) is 0 Å². The molecule has 17 heavy (non-hydrogen) atoms. The zero-order valence-corrected chi connectivity index (χ0v) is 10.9. The van der Waals surface area contributed by atoms with Crippen LogP contribution in [0.25, 0.3) is 0 Å². The van der Waals surface area contributed by atoms with Gasteiger partial charge < -0.3 is 10.1 Å². The molecule has 0 aliphatic heterocycles. The predicted molar refractivity (Wildman–Crippen MR) is 71.4 cm³/mol. The summed E-state index contributed by atoms with van der Waals surface area (Å²) in [5, 5.41) is 3.71. The largest absolute Gasteiger partial charge is 0.494 e. The first-order valence-electron chi connectivity index (χ1n) is 6.78. The van der Waals surface area contributed by atoms with Gasteiger partial charge in [0, 0.05) is 12.1 Å². The van der Waals surface area contributed by atoms with Gasteiger partial charge in [-0.2, -0.15) is 0 Å². The molecule has 1 aromatic carbocycles. The van der Waals surface area contributed by atoms with Gasteiger partial charge in [-0.25, -0.2) is 0 Å². The Morgan fingerprint density at radius 1 is 1.35 bits per heavy atom. The summed E-state index contributed by atoms with van der Waals surface area (Å²) in [5.41, 5.74) is 1.32. The molecular weight excluding hydrogens is 210 g/mol. The van der Waals surface area contributed by atoms with Gasteiger partial charge in [0.2, 0.25) is 0 Å². The Hall–Kier alpha value is -1.02. The topological polar surface area (TPSA) is 21.3 Å². The molecule has 0 saturated heterocycles. The Kier molecular flexibility index (Phi) is 4.43. The molecule has 2 rings (SSSR count). The van der Waals surface area contributed by atoms with E-state index < -0.39 is 0 Å². The highest BCUT2D eigenvalue weighted by Gasteiger charge is 2.17. The molecule has 1 saturated carbocycles. The summed E-state index contributed by atoms with van der Waals surface area (Å²) in [7, 11) is 0. The molecule has 0 heterocycles. The third-order valence-corrected chi connectivity index (χ3v) is 3.51. The first kappa shape index (κ1) is 12.4. The van der Waals surface area contributed by atoms with Crippen LogP contribution in [0.2, 0.25) is 0 Å². The molecule has 1 atom stereocenters. The molecule has 0 aromatic heterocycles. The molecular formula is C15H23NO. The van der Waals surface area contributed by atoms with Crippen molar-refractivity contribution in [2.45, 2.75) is 51.6 Å². The Labute approximate surface area is 104 Å². The van der Waals surface area contributed by atoms with E-state index in [1.807, 2.05) is 13.0 Å². The number of nitrogens with one attached hydrogen (secondary N) is 1. The molecule has 1 aromatic rings. The van der Waals surface area contributed by atoms with Crippen LogP contribution >= 0.6 is 0 Å². The van der Waals surface area contributed by atoms with Crippen LogP contribution in [0.4, 0.5) is 0 Å². The van der Waals surface area contributed by atoms with Crippen molar-refractivity contribution < 1.29 is 4.74 Å². The van der Waals surface area contributed by atoms with Crippen LogP contribution in [0.3, 0.4) is 0 Å². The molecule has 2 heteroatoms. The smallest absolute Gasteiger partial charge is 0.119 e. The van der Waals surface area contributed by atoms with Gasteiger partial charge >= 0.3 is 0 Å². The maximum atomic E-state index is 5.54. The molecule has 0 radical (unpaired) electrons. The predicted octanol–water partition coefficient (Wildman–Crippen LogP) is 3.68. The summed E-state index contributed by atoms with van der Waals surface area (Å²) in [6.45, 7) is 4.99. The monoisotopic (exact) mass is 233 g/mol. The van der Waals surface area contributed by atoms with Crippen LogP contribution < -0.4 is 10.1 Å². The third-order valence-electron chi connectivity index (χ3n) is 3.51. The van der Waals surface area contributed by atoms with E-state index >= 15 is 0 Å². The van der Waals surface area contributed by atoms with Gasteiger partial charge in [0.1, 0.15) is 5.75 Å². The van der Waals surface area contributed by atoms with Gasteiger partial charge in [-0.1, -0.05) is 25.0 Å². The van der Waals surface area contributed by atoms with E-state index in [4.69, 9.17) is 4.74 Å². The maximum absolute atomic E-state index is 5.54. The zero-order valence-electron chi connectivity index (χ0n) is 10.9. The number of hydrogen-bond donors (Lipinski definition) is 1. The minimum absolute atomic E-state index is 0.415. The summed E-state index contributed by atoms with van der Waals surface area (Å²) in [6.07, 6.45) is 5.41. The molecule has 1 N–H and O–H groups in total. The standard InChI is InChI=1S/C15H23NO/c1-3-17-15-10-6-7-13(11-15)12(2)16-14-8-4-5-9-14/h6-7,10-12,14,16H,3-5,8-9H2,1-2H3. The van der Waals surface area contributed by atoms with E-state index in [1.165, 1.54) is 31.2 Å². The molecule has 1 aliphatic rings. The van der Waals surface area contributed by atoms with Crippen LogP contribution in [-0.4, -0.2) is 12.6 Å². The number of benzene rings is 1. The summed E-state index contributed by atoms with van der Waals surface area (Å²) in [4.78, 5) is 0. The first-order chi connectivity index (χ1) is 8.29. The van der Waals surface area contributed by atoms with Crippen LogP contribution in [0.1, 0.15) is 51.1 Å². The molecule has 1 aliphatic carbocycles. The fourth-order valence-electron chi connectivity index (χ4n) is 2.58. The molecule has 0 amide bonds. The van der Waals surface area contributed by atoms with Gasteiger partial charge in [-0.05, 0) is 44.4 Å². The second-order valence-corrected chi connectivity index (χ2v) is 4.88. The van der Waals surface area contributed by atoms with Gasteiger partial charge in [0.05, 0.1) is 6.61 Å². The lowest BCUT2D eigenvalue weighted by Crippen LogP contribution is -2.28. The van der Waals surface area contributed by atoms with Crippen molar-refractivity contribution in [3.05, 3.63) is 29.8 Å². The van der Waals surface area contributed by atoms with Crippen molar-refractivity contribution in [2.24, 2.45) is 0 Å². The number of hydrogen-bond acceptors (Lipinski definition) is 2. The van der Waals surface area contributed by atoms with Gasteiger partial charge in [0.25, 0.3) is 0 Å². The Morgan fingerprint density at radius 2 is 2.12 bits per heavy atom. The van der Waals surface area contributed by atoms with E-state index in [-0.39, 0.29) is 0 Å². The summed E-state index contributed by atoms with van der Waals surface area (Å²) >= 11 is 0. The van der Waals surface area contributed by atoms with Crippen molar-refractivity contribution in [3.8, 4) is 5.75 Å². The van der Waals surface area contributed by atoms with Crippen molar-refractivity contribution in [3.63, 3.8) is 0 Å². The van der Waals surface area contributed by atoms with Crippen LogP contribution in [-0.2, 0) is 0 Å². The SMILES string of the molecule is CCOc1cccc(C(C)NC2CCCC2)c1. The van der Waals surface area contributed by atoms with Crippen LogP contribution in [0.5, 0.6) is 5.75 Å². The average Bonchev–Trinajstić information content (AvgIpc) is 2.83. The fraction of sp³-hybridized carbons (Fsp3) is 0.600. The molecule has 2 nitrogen and oxygen atoms in total. The van der Waals surface area contributed by atoms with Gasteiger partial charge in [-0.3, -0.25) is 0 Å².